The first-order valence-corrected chi connectivity index (χ1v) is 8.08. The number of hydrogen-bond acceptors (Lipinski definition) is 2. The molecule has 1 amide bonds. The molecule has 0 spiro atoms. The summed E-state index contributed by atoms with van der Waals surface area (Å²) in [6.45, 7) is 0.268. The van der Waals surface area contributed by atoms with E-state index in [0.717, 1.165) is 28.7 Å². The second kappa shape index (κ2) is 6.48. The van der Waals surface area contributed by atoms with E-state index >= 15 is 0 Å². The molecule has 0 atom stereocenters. The van der Waals surface area contributed by atoms with Crippen molar-refractivity contribution in [2.75, 3.05) is 10.6 Å². The summed E-state index contributed by atoms with van der Waals surface area (Å²) < 4.78 is 26.6. The van der Waals surface area contributed by atoms with Crippen LogP contribution in [-0.4, -0.2) is 10.9 Å². The topological polar surface area (TPSA) is 56.9 Å². The molecular formula is C20H15F2N3O. The summed E-state index contributed by atoms with van der Waals surface area (Å²) in [6, 6.07) is 12.6. The molecule has 3 N–H and O–H groups in total. The standard InChI is InChI=1S/C20H15F2N3O/c21-13-6-12(7-14(22)8-13)11-24-16-3-4-19-17(9-16)18(20(26)25-19)10-15-2-1-5-23-15/h1-10,23-24H,11H2,(H,25,26)/b18-10-. The third-order valence-corrected chi connectivity index (χ3v) is 4.14. The molecule has 3 aromatic rings. The summed E-state index contributed by atoms with van der Waals surface area (Å²) in [5.41, 5.74) is 4.15. The Kier molecular flexibility index (Phi) is 4.01. The predicted molar refractivity (Wildman–Crippen MR) is 97.4 cm³/mol. The van der Waals surface area contributed by atoms with Crippen LogP contribution in [0.5, 0.6) is 0 Å². The van der Waals surface area contributed by atoms with Crippen molar-refractivity contribution < 1.29 is 13.6 Å². The Morgan fingerprint density at radius 1 is 1.04 bits per heavy atom. The van der Waals surface area contributed by atoms with Crippen molar-refractivity contribution in [2.24, 2.45) is 0 Å². The molecule has 130 valence electrons. The number of halogens is 2. The lowest BCUT2D eigenvalue weighted by molar-refractivity contribution is -0.110. The molecule has 0 unspecified atom stereocenters. The molecule has 2 heterocycles. The van der Waals surface area contributed by atoms with Gasteiger partial charge in [0.2, 0.25) is 0 Å². The number of nitrogens with one attached hydrogen (secondary N) is 3. The molecule has 4 rings (SSSR count). The lowest BCUT2D eigenvalue weighted by Gasteiger charge is -2.09. The van der Waals surface area contributed by atoms with Crippen molar-refractivity contribution >= 4 is 28.9 Å². The van der Waals surface area contributed by atoms with Crippen molar-refractivity contribution in [1.29, 1.82) is 0 Å². The fourth-order valence-corrected chi connectivity index (χ4v) is 2.95. The van der Waals surface area contributed by atoms with Gasteiger partial charge >= 0.3 is 0 Å². The summed E-state index contributed by atoms with van der Waals surface area (Å²) in [5.74, 6) is -1.39. The van der Waals surface area contributed by atoms with Crippen molar-refractivity contribution in [3.8, 4) is 0 Å². The fraction of sp³-hybridized carbons (Fsp3) is 0.0500. The number of anilines is 2. The largest absolute Gasteiger partial charge is 0.381 e. The van der Waals surface area contributed by atoms with Crippen molar-refractivity contribution in [2.45, 2.75) is 6.54 Å². The average molecular weight is 351 g/mol. The second-order valence-corrected chi connectivity index (χ2v) is 6.03. The van der Waals surface area contributed by atoms with Crippen molar-refractivity contribution in [1.82, 2.24) is 4.98 Å². The van der Waals surface area contributed by atoms with Crippen LogP contribution in [0.2, 0.25) is 0 Å². The molecule has 2 aromatic carbocycles. The Morgan fingerprint density at radius 2 is 1.85 bits per heavy atom. The van der Waals surface area contributed by atoms with Gasteiger partial charge in [-0.3, -0.25) is 4.79 Å². The molecule has 26 heavy (non-hydrogen) atoms. The highest BCUT2D eigenvalue weighted by Gasteiger charge is 2.24. The number of H-pyrrole nitrogens is 1. The molecule has 6 heteroatoms. The van der Waals surface area contributed by atoms with E-state index in [1.165, 1.54) is 12.1 Å². The first-order chi connectivity index (χ1) is 12.6. The predicted octanol–water partition coefficient (Wildman–Crippen LogP) is 4.40. The van der Waals surface area contributed by atoms with E-state index in [4.69, 9.17) is 0 Å². The maximum absolute atomic E-state index is 13.3. The number of rotatable bonds is 4. The van der Waals surface area contributed by atoms with Crippen LogP contribution in [0.3, 0.4) is 0 Å². The van der Waals surface area contributed by atoms with Gasteiger partial charge in [0.1, 0.15) is 11.6 Å². The molecule has 0 fully saturated rings. The van der Waals surface area contributed by atoms with Gasteiger partial charge in [0.05, 0.1) is 5.57 Å². The number of aromatic amines is 1. The molecule has 0 aliphatic carbocycles. The van der Waals surface area contributed by atoms with E-state index in [2.05, 4.69) is 15.6 Å². The normalized spacial score (nSPS) is 14.4. The highest BCUT2D eigenvalue weighted by molar-refractivity contribution is 6.35. The highest BCUT2D eigenvalue weighted by atomic mass is 19.1. The van der Waals surface area contributed by atoms with Gasteiger partial charge in [-0.05, 0) is 54.1 Å². The zero-order chi connectivity index (χ0) is 18.1. The van der Waals surface area contributed by atoms with Crippen molar-refractivity contribution in [3.63, 3.8) is 0 Å². The average Bonchev–Trinajstić information content (AvgIpc) is 3.21. The zero-order valence-electron chi connectivity index (χ0n) is 13.6. The van der Waals surface area contributed by atoms with E-state index < -0.39 is 11.6 Å². The van der Waals surface area contributed by atoms with Crippen LogP contribution >= 0.6 is 0 Å². The third kappa shape index (κ3) is 3.21. The van der Waals surface area contributed by atoms with Gasteiger partial charge < -0.3 is 15.6 Å². The number of amides is 1. The van der Waals surface area contributed by atoms with E-state index in [-0.39, 0.29) is 12.5 Å². The van der Waals surface area contributed by atoms with Crippen LogP contribution in [0.1, 0.15) is 16.8 Å². The lowest BCUT2D eigenvalue weighted by Crippen LogP contribution is -2.03. The first-order valence-electron chi connectivity index (χ1n) is 8.08. The molecular weight excluding hydrogens is 336 g/mol. The summed E-state index contributed by atoms with van der Waals surface area (Å²) in [4.78, 5) is 15.3. The minimum absolute atomic E-state index is 0.168. The van der Waals surface area contributed by atoms with Crippen LogP contribution in [-0.2, 0) is 11.3 Å². The summed E-state index contributed by atoms with van der Waals surface area (Å²) in [7, 11) is 0. The Bertz CT molecular complexity index is 990. The quantitative estimate of drug-likeness (QED) is 0.610. The number of aromatic nitrogens is 1. The summed E-state index contributed by atoms with van der Waals surface area (Å²) >= 11 is 0. The number of benzene rings is 2. The van der Waals surface area contributed by atoms with Gasteiger partial charge in [0, 0.05) is 41.4 Å². The fourth-order valence-electron chi connectivity index (χ4n) is 2.95. The van der Waals surface area contributed by atoms with E-state index in [0.29, 0.717) is 11.1 Å². The van der Waals surface area contributed by atoms with E-state index in [9.17, 15) is 13.6 Å². The number of hydrogen-bond donors (Lipinski definition) is 3. The summed E-state index contributed by atoms with van der Waals surface area (Å²) in [6.07, 6.45) is 3.57. The molecule has 1 aliphatic rings. The lowest BCUT2D eigenvalue weighted by atomic mass is 10.0. The van der Waals surface area contributed by atoms with Gasteiger partial charge in [-0.15, -0.1) is 0 Å². The molecule has 0 radical (unpaired) electrons. The maximum Gasteiger partial charge on any atom is 0.256 e. The summed E-state index contributed by atoms with van der Waals surface area (Å²) in [5, 5.41) is 5.96. The number of carbonyl (C=O) groups is 1. The van der Waals surface area contributed by atoms with Crippen LogP contribution in [0.15, 0.2) is 54.7 Å². The van der Waals surface area contributed by atoms with Gasteiger partial charge in [-0.2, -0.15) is 0 Å². The third-order valence-electron chi connectivity index (χ3n) is 4.14. The van der Waals surface area contributed by atoms with Gasteiger partial charge in [-0.25, -0.2) is 8.78 Å². The SMILES string of the molecule is O=C1Nc2ccc(NCc3cc(F)cc(F)c3)cc2/C1=C/c1ccc[nH]1. The van der Waals surface area contributed by atoms with E-state index in [1.807, 2.05) is 24.3 Å². The number of carbonyl (C=O) groups excluding carboxylic acids is 1. The van der Waals surface area contributed by atoms with Crippen molar-refractivity contribution in [3.05, 3.63) is 83.2 Å². The van der Waals surface area contributed by atoms with E-state index in [1.54, 1.807) is 18.3 Å². The maximum atomic E-state index is 13.3. The highest BCUT2D eigenvalue weighted by Crippen LogP contribution is 2.35. The van der Waals surface area contributed by atoms with Crippen LogP contribution < -0.4 is 10.6 Å². The van der Waals surface area contributed by atoms with Crippen LogP contribution in [0.4, 0.5) is 20.2 Å². The minimum atomic E-state index is -0.610. The molecule has 4 nitrogen and oxygen atoms in total. The second-order valence-electron chi connectivity index (χ2n) is 6.03. The van der Waals surface area contributed by atoms with Crippen LogP contribution in [0, 0.1) is 11.6 Å². The zero-order valence-corrected chi connectivity index (χ0v) is 13.6. The smallest absolute Gasteiger partial charge is 0.256 e. The van der Waals surface area contributed by atoms with Gasteiger partial charge in [0.25, 0.3) is 5.91 Å². The Morgan fingerprint density at radius 3 is 2.58 bits per heavy atom. The first kappa shape index (κ1) is 16.1. The molecule has 1 aromatic heterocycles. The minimum Gasteiger partial charge on any atom is -0.381 e. The van der Waals surface area contributed by atoms with Gasteiger partial charge in [-0.1, -0.05) is 0 Å². The molecule has 1 aliphatic heterocycles. The van der Waals surface area contributed by atoms with Crippen LogP contribution in [0.25, 0.3) is 11.6 Å². The number of fused-ring (bicyclic) bond motifs is 1. The molecule has 0 bridgehead atoms. The molecule has 0 saturated carbocycles. The van der Waals surface area contributed by atoms with Gasteiger partial charge in [0.15, 0.2) is 0 Å². The Labute approximate surface area is 148 Å². The monoisotopic (exact) mass is 351 g/mol. The Hall–Kier alpha value is -3.41. The Balaban J connectivity index is 1.59. The molecule has 0 saturated heterocycles.